The van der Waals surface area contributed by atoms with Crippen molar-refractivity contribution in [3.8, 4) is 0 Å². The van der Waals surface area contributed by atoms with Gasteiger partial charge in [0.1, 0.15) is 0 Å². The highest BCUT2D eigenvalue weighted by molar-refractivity contribution is 9.10. The lowest BCUT2D eigenvalue weighted by Gasteiger charge is -2.12. The van der Waals surface area contributed by atoms with Crippen molar-refractivity contribution < 1.29 is 13.5 Å². The van der Waals surface area contributed by atoms with Crippen LogP contribution in [0.1, 0.15) is 12.5 Å². The number of halogens is 1. The van der Waals surface area contributed by atoms with Gasteiger partial charge in [0.2, 0.25) is 10.0 Å². The van der Waals surface area contributed by atoms with Crippen LogP contribution < -0.4 is 4.72 Å². The normalized spacial score (nSPS) is 13.8. The molecule has 0 heterocycles. The monoisotopic (exact) mass is 307 g/mol. The van der Waals surface area contributed by atoms with Crippen LogP contribution in [-0.2, 0) is 10.0 Å². The summed E-state index contributed by atoms with van der Waals surface area (Å²) in [5.41, 5.74) is 0.847. The number of hydrogen-bond acceptors (Lipinski definition) is 3. The lowest BCUT2D eigenvalue weighted by atomic mass is 10.2. The van der Waals surface area contributed by atoms with Crippen molar-refractivity contribution in [1.82, 2.24) is 4.72 Å². The molecule has 1 atom stereocenters. The van der Waals surface area contributed by atoms with Crippen molar-refractivity contribution in [3.05, 3.63) is 28.2 Å². The highest BCUT2D eigenvalue weighted by Gasteiger charge is 2.17. The number of aliphatic hydroxyl groups is 1. The Morgan fingerprint density at radius 3 is 2.62 bits per heavy atom. The van der Waals surface area contributed by atoms with E-state index in [0.717, 1.165) is 10.0 Å². The van der Waals surface area contributed by atoms with Gasteiger partial charge in [0.15, 0.2) is 0 Å². The van der Waals surface area contributed by atoms with Crippen LogP contribution in [0.3, 0.4) is 0 Å². The van der Waals surface area contributed by atoms with E-state index in [-0.39, 0.29) is 11.5 Å². The predicted octanol–water partition coefficient (Wildman–Crippen LogP) is 1.42. The first-order valence-corrected chi connectivity index (χ1v) is 7.04. The fourth-order valence-electron chi connectivity index (χ4n) is 1.15. The largest absolute Gasteiger partial charge is 0.395 e. The van der Waals surface area contributed by atoms with Gasteiger partial charge in [-0.15, -0.1) is 0 Å². The van der Waals surface area contributed by atoms with E-state index in [0.29, 0.717) is 0 Å². The summed E-state index contributed by atoms with van der Waals surface area (Å²) in [4.78, 5) is 0.202. The van der Waals surface area contributed by atoms with Gasteiger partial charge in [-0.25, -0.2) is 13.1 Å². The van der Waals surface area contributed by atoms with Gasteiger partial charge >= 0.3 is 0 Å². The molecule has 0 saturated carbocycles. The molecule has 0 saturated heterocycles. The zero-order chi connectivity index (χ0) is 12.3. The number of aliphatic hydroxyl groups excluding tert-OH is 1. The van der Waals surface area contributed by atoms with Gasteiger partial charge in [-0.1, -0.05) is 15.9 Å². The van der Waals surface area contributed by atoms with Crippen molar-refractivity contribution in [2.24, 2.45) is 0 Å². The van der Waals surface area contributed by atoms with E-state index in [1.54, 1.807) is 19.1 Å². The van der Waals surface area contributed by atoms with Gasteiger partial charge in [0.05, 0.1) is 11.5 Å². The summed E-state index contributed by atoms with van der Waals surface area (Å²) in [5.74, 6) is 0. The van der Waals surface area contributed by atoms with Gasteiger partial charge < -0.3 is 5.11 Å². The maximum Gasteiger partial charge on any atom is 0.240 e. The molecule has 0 aliphatic carbocycles. The molecule has 0 bridgehead atoms. The lowest BCUT2D eigenvalue weighted by molar-refractivity contribution is 0.265. The molecule has 4 nitrogen and oxygen atoms in total. The van der Waals surface area contributed by atoms with E-state index in [9.17, 15) is 8.42 Å². The average molecular weight is 308 g/mol. The summed E-state index contributed by atoms with van der Waals surface area (Å²) in [7, 11) is -3.54. The van der Waals surface area contributed by atoms with E-state index in [4.69, 9.17) is 5.11 Å². The number of hydrogen-bond donors (Lipinski definition) is 2. The Bertz CT molecular complexity index is 473. The first-order chi connectivity index (χ1) is 7.36. The topological polar surface area (TPSA) is 66.4 Å². The van der Waals surface area contributed by atoms with Crippen molar-refractivity contribution in [2.45, 2.75) is 24.8 Å². The molecule has 0 aliphatic heterocycles. The molecule has 0 spiro atoms. The molecule has 1 aromatic rings. The average Bonchev–Trinajstić information content (AvgIpc) is 2.21. The summed E-state index contributed by atoms with van der Waals surface area (Å²) >= 11 is 3.31. The molecule has 0 unspecified atom stereocenters. The fraction of sp³-hybridized carbons (Fsp3) is 0.400. The van der Waals surface area contributed by atoms with Crippen LogP contribution in [0.2, 0.25) is 0 Å². The summed E-state index contributed by atoms with van der Waals surface area (Å²) < 4.78 is 26.9. The van der Waals surface area contributed by atoms with E-state index < -0.39 is 16.1 Å². The highest BCUT2D eigenvalue weighted by atomic mass is 79.9. The zero-order valence-corrected chi connectivity index (χ0v) is 11.5. The Morgan fingerprint density at radius 1 is 1.50 bits per heavy atom. The number of sulfonamides is 1. The maximum atomic E-state index is 11.8. The molecule has 2 N–H and O–H groups in total. The minimum absolute atomic E-state index is 0.202. The lowest BCUT2D eigenvalue weighted by Crippen LogP contribution is -2.35. The predicted molar refractivity (Wildman–Crippen MR) is 65.7 cm³/mol. The Hall–Kier alpha value is -0.430. The third-order valence-electron chi connectivity index (χ3n) is 2.07. The second-order valence-electron chi connectivity index (χ2n) is 3.62. The summed E-state index contributed by atoms with van der Waals surface area (Å²) in [6.07, 6.45) is 0. The second-order valence-corrected chi connectivity index (χ2v) is 6.18. The number of nitrogens with one attached hydrogen (secondary N) is 1. The Labute approximate surface area is 104 Å². The van der Waals surface area contributed by atoms with Gasteiger partial charge in [-0.2, -0.15) is 0 Å². The summed E-state index contributed by atoms with van der Waals surface area (Å²) in [6, 6.07) is 4.29. The Morgan fingerprint density at radius 2 is 2.12 bits per heavy atom. The number of aryl methyl sites for hydroxylation is 1. The maximum absolute atomic E-state index is 11.8. The van der Waals surface area contributed by atoms with Gasteiger partial charge in [-0.05, 0) is 37.6 Å². The van der Waals surface area contributed by atoms with Crippen LogP contribution in [0.25, 0.3) is 0 Å². The van der Waals surface area contributed by atoms with Gasteiger partial charge in [0.25, 0.3) is 0 Å². The van der Waals surface area contributed by atoms with Crippen LogP contribution in [0.5, 0.6) is 0 Å². The van der Waals surface area contributed by atoms with Crippen molar-refractivity contribution in [2.75, 3.05) is 6.61 Å². The van der Waals surface area contributed by atoms with Gasteiger partial charge in [-0.3, -0.25) is 0 Å². The number of rotatable bonds is 4. The van der Waals surface area contributed by atoms with E-state index in [1.165, 1.54) is 6.07 Å². The Balaban J connectivity index is 3.03. The van der Waals surface area contributed by atoms with Gasteiger partial charge in [0, 0.05) is 10.5 Å². The van der Waals surface area contributed by atoms with Crippen LogP contribution in [0, 0.1) is 6.92 Å². The van der Waals surface area contributed by atoms with Crippen LogP contribution in [-0.4, -0.2) is 26.2 Å². The molecule has 1 aromatic carbocycles. The molecule has 0 radical (unpaired) electrons. The highest BCUT2D eigenvalue weighted by Crippen LogP contribution is 2.19. The zero-order valence-electron chi connectivity index (χ0n) is 9.07. The van der Waals surface area contributed by atoms with E-state index >= 15 is 0 Å². The molecule has 90 valence electrons. The third kappa shape index (κ3) is 3.28. The second kappa shape index (κ2) is 5.27. The molecular formula is C10H14BrNO3S. The van der Waals surface area contributed by atoms with E-state index in [2.05, 4.69) is 20.7 Å². The van der Waals surface area contributed by atoms with Crippen molar-refractivity contribution in [3.63, 3.8) is 0 Å². The standard InChI is InChI=1S/C10H14BrNO3S/c1-7-5-9(3-4-10(7)11)16(14,15)12-8(2)6-13/h3-5,8,12-13H,6H2,1-2H3/t8-/m1/s1. The quantitative estimate of drug-likeness (QED) is 0.884. The molecule has 0 amide bonds. The first kappa shape index (κ1) is 13.6. The van der Waals surface area contributed by atoms with Crippen molar-refractivity contribution in [1.29, 1.82) is 0 Å². The molecule has 0 aliphatic rings. The molecule has 0 fully saturated rings. The smallest absolute Gasteiger partial charge is 0.240 e. The van der Waals surface area contributed by atoms with E-state index in [1.807, 2.05) is 6.92 Å². The molecule has 1 rings (SSSR count). The Kier molecular flexibility index (Phi) is 4.49. The minimum Gasteiger partial charge on any atom is -0.395 e. The van der Waals surface area contributed by atoms with Crippen molar-refractivity contribution >= 4 is 26.0 Å². The molecule has 16 heavy (non-hydrogen) atoms. The molecular weight excluding hydrogens is 294 g/mol. The van der Waals surface area contributed by atoms with Crippen LogP contribution in [0.4, 0.5) is 0 Å². The number of benzene rings is 1. The molecule has 0 aromatic heterocycles. The summed E-state index contributed by atoms with van der Waals surface area (Å²) in [6.45, 7) is 3.19. The van der Waals surface area contributed by atoms with Crippen LogP contribution in [0.15, 0.2) is 27.6 Å². The minimum atomic E-state index is -3.54. The van der Waals surface area contributed by atoms with Crippen LogP contribution >= 0.6 is 15.9 Å². The molecule has 6 heteroatoms. The fourth-order valence-corrected chi connectivity index (χ4v) is 2.72. The third-order valence-corrected chi connectivity index (χ3v) is 4.55. The summed E-state index contributed by atoms with van der Waals surface area (Å²) in [5, 5.41) is 8.81. The first-order valence-electron chi connectivity index (χ1n) is 4.76. The SMILES string of the molecule is Cc1cc(S(=O)(=O)N[C@H](C)CO)ccc1Br.